The lowest BCUT2D eigenvalue weighted by Gasteiger charge is -2.28. The van der Waals surface area contributed by atoms with Gasteiger partial charge in [-0.3, -0.25) is 0 Å². The number of hydrogen-bond donors (Lipinski definition) is 2. The molecule has 2 amide bonds. The van der Waals surface area contributed by atoms with Crippen molar-refractivity contribution < 1.29 is 4.79 Å². The smallest absolute Gasteiger partial charge is 0.322 e. The molecule has 1 unspecified atom stereocenters. The van der Waals surface area contributed by atoms with E-state index in [4.69, 9.17) is 0 Å². The zero-order valence-corrected chi connectivity index (χ0v) is 14.1. The maximum atomic E-state index is 12.4. The third kappa shape index (κ3) is 5.38. The van der Waals surface area contributed by atoms with E-state index in [0.717, 1.165) is 12.2 Å². The molecular weight excluding hydrogens is 262 g/mol. The highest BCUT2D eigenvalue weighted by Gasteiger charge is 2.18. The van der Waals surface area contributed by atoms with Crippen LogP contribution in [0.15, 0.2) is 24.3 Å². The molecule has 4 heteroatoms. The minimum atomic E-state index is -0.0342. The zero-order chi connectivity index (χ0) is 16.0. The topological polar surface area (TPSA) is 44.4 Å². The van der Waals surface area contributed by atoms with Gasteiger partial charge in [0.15, 0.2) is 0 Å². The average molecular weight is 291 g/mol. The number of nitrogens with one attached hydrogen (secondary N) is 2. The Hall–Kier alpha value is -1.55. The van der Waals surface area contributed by atoms with Crippen LogP contribution in [0.5, 0.6) is 0 Å². The molecule has 21 heavy (non-hydrogen) atoms. The summed E-state index contributed by atoms with van der Waals surface area (Å²) in [5, 5.41) is 6.18. The van der Waals surface area contributed by atoms with E-state index < -0.39 is 0 Å². The summed E-state index contributed by atoms with van der Waals surface area (Å²) in [5.74, 6) is 0.456. The largest absolute Gasteiger partial charge is 0.322 e. The Labute approximate surface area is 128 Å². The monoisotopic (exact) mass is 291 g/mol. The van der Waals surface area contributed by atoms with Crippen LogP contribution in [0.25, 0.3) is 0 Å². The number of carbonyl (C=O) groups excluding carboxylic acids is 1. The molecule has 1 aromatic rings. The fraction of sp³-hybridized carbons (Fsp3) is 0.588. The fourth-order valence-electron chi connectivity index (χ4n) is 2.14. The quantitative estimate of drug-likeness (QED) is 0.835. The van der Waals surface area contributed by atoms with Gasteiger partial charge in [0, 0.05) is 24.3 Å². The molecule has 0 spiro atoms. The highest BCUT2D eigenvalue weighted by atomic mass is 16.2. The van der Waals surface area contributed by atoms with Crippen molar-refractivity contribution in [3.05, 3.63) is 29.8 Å². The van der Waals surface area contributed by atoms with Gasteiger partial charge in [0.1, 0.15) is 0 Å². The fourth-order valence-corrected chi connectivity index (χ4v) is 2.14. The van der Waals surface area contributed by atoms with Crippen molar-refractivity contribution in [1.82, 2.24) is 10.2 Å². The molecule has 1 aromatic carbocycles. The Morgan fingerprint density at radius 3 is 2.10 bits per heavy atom. The van der Waals surface area contributed by atoms with Crippen LogP contribution >= 0.6 is 0 Å². The van der Waals surface area contributed by atoms with E-state index >= 15 is 0 Å². The Bertz CT molecular complexity index is 440. The van der Waals surface area contributed by atoms with Gasteiger partial charge in [0.25, 0.3) is 0 Å². The molecule has 1 atom stereocenters. The first-order valence-electron chi connectivity index (χ1n) is 7.70. The van der Waals surface area contributed by atoms with Crippen molar-refractivity contribution in [1.29, 1.82) is 0 Å². The van der Waals surface area contributed by atoms with Gasteiger partial charge in [-0.05, 0) is 51.4 Å². The molecule has 1 rings (SSSR count). The maximum Gasteiger partial charge on any atom is 0.322 e. The minimum absolute atomic E-state index is 0.0342. The lowest BCUT2D eigenvalue weighted by atomic mass is 10.1. The lowest BCUT2D eigenvalue weighted by Crippen LogP contribution is -2.42. The van der Waals surface area contributed by atoms with Crippen molar-refractivity contribution in [2.75, 3.05) is 18.9 Å². The van der Waals surface area contributed by atoms with Gasteiger partial charge in [0.2, 0.25) is 0 Å². The normalized spacial score (nSPS) is 12.6. The standard InChI is InChI=1S/C17H29N3O/c1-12(2)11-20(13(3)4)17(21)19-16-9-7-15(8-10-16)14(5)18-6/h7-10,12-14,18H,11H2,1-6H3,(H,19,21). The molecule has 118 valence electrons. The summed E-state index contributed by atoms with van der Waals surface area (Å²) in [6.07, 6.45) is 0. The third-order valence-corrected chi connectivity index (χ3v) is 3.54. The van der Waals surface area contributed by atoms with Crippen LogP contribution in [0, 0.1) is 5.92 Å². The molecule has 0 fully saturated rings. The first-order chi connectivity index (χ1) is 9.85. The number of nitrogens with zero attached hydrogens (tertiary/aromatic N) is 1. The van der Waals surface area contributed by atoms with E-state index in [0.29, 0.717) is 12.0 Å². The predicted molar refractivity (Wildman–Crippen MR) is 89.6 cm³/mol. The second-order valence-corrected chi connectivity index (χ2v) is 6.20. The van der Waals surface area contributed by atoms with Crippen LogP contribution in [0.1, 0.15) is 46.2 Å². The summed E-state index contributed by atoms with van der Waals surface area (Å²) in [4.78, 5) is 14.2. The molecule has 0 aliphatic heterocycles. The zero-order valence-electron chi connectivity index (χ0n) is 14.1. The summed E-state index contributed by atoms with van der Waals surface area (Å²) < 4.78 is 0. The van der Waals surface area contributed by atoms with Gasteiger partial charge in [-0.2, -0.15) is 0 Å². The van der Waals surface area contributed by atoms with E-state index in [1.165, 1.54) is 5.56 Å². The van der Waals surface area contributed by atoms with Crippen molar-refractivity contribution in [2.24, 2.45) is 5.92 Å². The van der Waals surface area contributed by atoms with Gasteiger partial charge in [-0.25, -0.2) is 4.79 Å². The highest BCUT2D eigenvalue weighted by molar-refractivity contribution is 5.89. The van der Waals surface area contributed by atoms with Crippen molar-refractivity contribution in [3.63, 3.8) is 0 Å². The Kier molecular flexibility index (Phi) is 6.69. The Morgan fingerprint density at radius 2 is 1.67 bits per heavy atom. The van der Waals surface area contributed by atoms with E-state index in [1.54, 1.807) is 0 Å². The number of urea groups is 1. The number of hydrogen-bond acceptors (Lipinski definition) is 2. The Morgan fingerprint density at radius 1 is 1.10 bits per heavy atom. The van der Waals surface area contributed by atoms with E-state index in [9.17, 15) is 4.79 Å². The van der Waals surface area contributed by atoms with Crippen LogP contribution in [0.2, 0.25) is 0 Å². The molecule has 0 radical (unpaired) electrons. The van der Waals surface area contributed by atoms with Gasteiger partial charge in [0.05, 0.1) is 0 Å². The second-order valence-electron chi connectivity index (χ2n) is 6.20. The summed E-state index contributed by atoms with van der Waals surface area (Å²) in [6.45, 7) is 11.2. The van der Waals surface area contributed by atoms with Crippen LogP contribution in [0.4, 0.5) is 10.5 Å². The number of rotatable bonds is 6. The predicted octanol–water partition coefficient (Wildman–Crippen LogP) is 3.87. The summed E-state index contributed by atoms with van der Waals surface area (Å²) in [5.41, 5.74) is 2.04. The van der Waals surface area contributed by atoms with Crippen molar-refractivity contribution in [3.8, 4) is 0 Å². The molecule has 2 N–H and O–H groups in total. The molecule has 0 aliphatic carbocycles. The van der Waals surface area contributed by atoms with Crippen LogP contribution in [0.3, 0.4) is 0 Å². The molecule has 0 saturated heterocycles. The van der Waals surface area contributed by atoms with Crippen LogP contribution < -0.4 is 10.6 Å². The first-order valence-corrected chi connectivity index (χ1v) is 7.70. The van der Waals surface area contributed by atoms with Crippen molar-refractivity contribution in [2.45, 2.75) is 46.7 Å². The van der Waals surface area contributed by atoms with Gasteiger partial charge in [-0.1, -0.05) is 26.0 Å². The SMILES string of the molecule is CNC(C)c1ccc(NC(=O)N(CC(C)C)C(C)C)cc1. The first kappa shape index (κ1) is 17.5. The van der Waals surface area contributed by atoms with Crippen LogP contribution in [-0.2, 0) is 0 Å². The Balaban J connectivity index is 2.72. The molecule has 0 bridgehead atoms. The molecule has 0 aliphatic rings. The maximum absolute atomic E-state index is 12.4. The minimum Gasteiger partial charge on any atom is -0.322 e. The summed E-state index contributed by atoms with van der Waals surface area (Å²) >= 11 is 0. The number of amides is 2. The van der Waals surface area contributed by atoms with E-state index in [2.05, 4.69) is 31.4 Å². The summed E-state index contributed by atoms with van der Waals surface area (Å²) in [6, 6.07) is 8.45. The van der Waals surface area contributed by atoms with E-state index in [-0.39, 0.29) is 12.1 Å². The van der Waals surface area contributed by atoms with Gasteiger partial charge < -0.3 is 15.5 Å². The van der Waals surface area contributed by atoms with Crippen molar-refractivity contribution >= 4 is 11.7 Å². The number of anilines is 1. The third-order valence-electron chi connectivity index (χ3n) is 3.54. The van der Waals surface area contributed by atoms with Crippen LogP contribution in [-0.4, -0.2) is 30.6 Å². The lowest BCUT2D eigenvalue weighted by molar-refractivity contribution is 0.188. The summed E-state index contributed by atoms with van der Waals surface area (Å²) in [7, 11) is 1.94. The van der Waals surface area contributed by atoms with E-state index in [1.807, 2.05) is 50.1 Å². The molecule has 0 heterocycles. The number of benzene rings is 1. The highest BCUT2D eigenvalue weighted by Crippen LogP contribution is 2.16. The number of carbonyl (C=O) groups is 1. The van der Waals surface area contributed by atoms with Gasteiger partial charge >= 0.3 is 6.03 Å². The second kappa shape index (κ2) is 8.03. The molecule has 0 saturated carbocycles. The molecule has 0 aromatic heterocycles. The molecule has 4 nitrogen and oxygen atoms in total. The average Bonchev–Trinajstić information content (AvgIpc) is 2.44. The molecular formula is C17H29N3O. The van der Waals surface area contributed by atoms with Gasteiger partial charge in [-0.15, -0.1) is 0 Å².